The quantitative estimate of drug-likeness (QED) is 0.393. The molecular formula is C11H25N3O2S2. The largest absolute Gasteiger partial charge is 0.380 e. The lowest BCUT2D eigenvalue weighted by atomic mass is 10.3. The van der Waals surface area contributed by atoms with Crippen LogP contribution in [0.3, 0.4) is 0 Å². The number of hydrogen-bond acceptors (Lipinski definition) is 7. The first kappa shape index (κ1) is 18.2. The molecule has 0 aliphatic rings. The lowest BCUT2D eigenvalue weighted by molar-refractivity contribution is 0.167. The second kappa shape index (κ2) is 13.6. The van der Waals surface area contributed by atoms with E-state index in [2.05, 4.69) is 12.1 Å². The van der Waals surface area contributed by atoms with Gasteiger partial charge >= 0.3 is 0 Å². The fraction of sp³-hybridized carbons (Fsp3) is 1.00. The normalized spacial score (nSPS) is 14.4. The van der Waals surface area contributed by atoms with Gasteiger partial charge in [0.15, 0.2) is 0 Å². The van der Waals surface area contributed by atoms with Crippen LogP contribution in [-0.2, 0) is 4.74 Å². The zero-order valence-electron chi connectivity index (χ0n) is 11.0. The van der Waals surface area contributed by atoms with Crippen molar-refractivity contribution in [3.05, 3.63) is 4.91 Å². The molecule has 18 heavy (non-hydrogen) atoms. The molecule has 0 fully saturated rings. The van der Waals surface area contributed by atoms with Crippen molar-refractivity contribution in [1.82, 2.24) is 0 Å². The molecule has 0 saturated carbocycles. The van der Waals surface area contributed by atoms with Gasteiger partial charge in [-0.25, -0.2) is 0 Å². The first-order valence-electron chi connectivity index (χ1n) is 6.25. The molecule has 0 rings (SSSR count). The molecule has 0 amide bonds. The summed E-state index contributed by atoms with van der Waals surface area (Å²) < 4.78 is 5.48. The van der Waals surface area contributed by atoms with Crippen molar-refractivity contribution in [2.24, 2.45) is 16.6 Å². The first-order valence-corrected chi connectivity index (χ1v) is 8.56. The van der Waals surface area contributed by atoms with Gasteiger partial charge in [0.1, 0.15) is 6.04 Å². The molecule has 0 heterocycles. The zero-order valence-corrected chi connectivity index (χ0v) is 12.7. The molecule has 0 saturated heterocycles. The molecule has 0 aromatic rings. The molecule has 0 radical (unpaired) electrons. The number of nitrogens with two attached hydrogens (primary N) is 2. The molecule has 2 unspecified atom stereocenters. The van der Waals surface area contributed by atoms with Gasteiger partial charge in [0, 0.05) is 35.6 Å². The minimum atomic E-state index is -0.263. The van der Waals surface area contributed by atoms with Gasteiger partial charge in [-0.3, -0.25) is 0 Å². The van der Waals surface area contributed by atoms with Crippen LogP contribution in [0.25, 0.3) is 0 Å². The van der Waals surface area contributed by atoms with Crippen molar-refractivity contribution < 1.29 is 4.74 Å². The number of rotatable bonds is 13. The van der Waals surface area contributed by atoms with E-state index in [-0.39, 0.29) is 6.04 Å². The standard InChI is InChI=1S/C11H25N3O2S2/c1-2-10(13)8-17-5-3-16-4-6-18-9-11(7-12)14-15/h10-11H,2-9,12-13H2,1H3. The van der Waals surface area contributed by atoms with Gasteiger partial charge in [-0.15, -0.1) is 0 Å². The van der Waals surface area contributed by atoms with E-state index in [0.717, 1.165) is 30.3 Å². The molecule has 0 aromatic carbocycles. The second-order valence-corrected chi connectivity index (χ2v) is 6.23. The average Bonchev–Trinajstić information content (AvgIpc) is 2.40. The van der Waals surface area contributed by atoms with Crippen LogP contribution in [-0.4, -0.2) is 54.9 Å². The third-order valence-electron chi connectivity index (χ3n) is 2.33. The molecule has 2 atom stereocenters. The molecule has 0 spiro atoms. The van der Waals surface area contributed by atoms with Crippen LogP contribution in [0.2, 0.25) is 0 Å². The lowest BCUT2D eigenvalue weighted by Gasteiger charge is -2.08. The third-order valence-corrected chi connectivity index (χ3v) is 4.53. The highest BCUT2D eigenvalue weighted by Gasteiger charge is 2.05. The predicted octanol–water partition coefficient (Wildman–Crippen LogP) is 1.30. The topological polar surface area (TPSA) is 90.7 Å². The van der Waals surface area contributed by atoms with Gasteiger partial charge in [-0.2, -0.15) is 28.4 Å². The highest BCUT2D eigenvalue weighted by Crippen LogP contribution is 2.06. The first-order chi connectivity index (χ1) is 8.74. The number of ether oxygens (including phenoxy) is 1. The van der Waals surface area contributed by atoms with E-state index < -0.39 is 0 Å². The van der Waals surface area contributed by atoms with Crippen molar-refractivity contribution in [2.45, 2.75) is 25.4 Å². The van der Waals surface area contributed by atoms with Crippen molar-refractivity contribution in [2.75, 3.05) is 42.8 Å². The lowest BCUT2D eigenvalue weighted by Crippen LogP contribution is -2.21. The summed E-state index contributed by atoms with van der Waals surface area (Å²) in [5.41, 5.74) is 11.2. The molecular weight excluding hydrogens is 270 g/mol. The number of nitroso groups, excluding NO2 is 1. The smallest absolute Gasteiger partial charge is 0.113 e. The van der Waals surface area contributed by atoms with Crippen LogP contribution in [0.5, 0.6) is 0 Å². The van der Waals surface area contributed by atoms with Crippen molar-refractivity contribution >= 4 is 23.5 Å². The Kier molecular flexibility index (Phi) is 13.7. The van der Waals surface area contributed by atoms with Gasteiger partial charge in [0.25, 0.3) is 0 Å². The van der Waals surface area contributed by atoms with Crippen LogP contribution in [0, 0.1) is 4.91 Å². The Morgan fingerprint density at radius 3 is 2.33 bits per heavy atom. The summed E-state index contributed by atoms with van der Waals surface area (Å²) in [5, 5.41) is 2.94. The maximum absolute atomic E-state index is 10.3. The molecule has 5 nitrogen and oxygen atoms in total. The monoisotopic (exact) mass is 295 g/mol. The Bertz CT molecular complexity index is 199. The van der Waals surface area contributed by atoms with E-state index in [1.165, 1.54) is 0 Å². The summed E-state index contributed by atoms with van der Waals surface area (Å²) in [6, 6.07) is 0.0377. The summed E-state index contributed by atoms with van der Waals surface area (Å²) in [5.74, 6) is 3.55. The summed E-state index contributed by atoms with van der Waals surface area (Å²) in [6.45, 7) is 3.89. The molecule has 108 valence electrons. The average molecular weight is 295 g/mol. The van der Waals surface area contributed by atoms with Gasteiger partial charge in [-0.1, -0.05) is 12.1 Å². The molecule has 0 bridgehead atoms. The molecule has 0 aromatic heterocycles. The predicted molar refractivity (Wildman–Crippen MR) is 82.4 cm³/mol. The van der Waals surface area contributed by atoms with Crippen LogP contribution < -0.4 is 11.5 Å². The Balaban J connectivity index is 3.14. The zero-order chi connectivity index (χ0) is 13.6. The highest BCUT2D eigenvalue weighted by molar-refractivity contribution is 7.99. The summed E-state index contributed by atoms with van der Waals surface area (Å²) in [4.78, 5) is 10.3. The van der Waals surface area contributed by atoms with Crippen LogP contribution in [0.15, 0.2) is 5.18 Å². The number of nitrogens with zero attached hydrogens (tertiary/aromatic N) is 1. The van der Waals surface area contributed by atoms with E-state index in [0.29, 0.717) is 24.9 Å². The number of thioether (sulfide) groups is 2. The molecule has 0 aliphatic heterocycles. The van der Waals surface area contributed by atoms with Crippen molar-refractivity contribution in [1.29, 1.82) is 0 Å². The van der Waals surface area contributed by atoms with Crippen LogP contribution in [0.4, 0.5) is 0 Å². The van der Waals surface area contributed by atoms with E-state index in [4.69, 9.17) is 16.2 Å². The maximum atomic E-state index is 10.3. The SMILES string of the molecule is CCC(N)CSCCOCCSCC(CN)N=O. The summed E-state index contributed by atoms with van der Waals surface area (Å²) >= 11 is 3.49. The second-order valence-electron chi connectivity index (χ2n) is 3.93. The van der Waals surface area contributed by atoms with E-state index in [1.54, 1.807) is 11.8 Å². The Morgan fingerprint density at radius 1 is 1.22 bits per heavy atom. The van der Waals surface area contributed by atoms with Crippen molar-refractivity contribution in [3.8, 4) is 0 Å². The minimum Gasteiger partial charge on any atom is -0.380 e. The van der Waals surface area contributed by atoms with Gasteiger partial charge in [0.2, 0.25) is 0 Å². The Hall–Kier alpha value is 0.180. The Labute approximate surface area is 118 Å². The van der Waals surface area contributed by atoms with Gasteiger partial charge in [0.05, 0.1) is 13.2 Å². The summed E-state index contributed by atoms with van der Waals surface area (Å²) in [7, 11) is 0. The van der Waals surface area contributed by atoms with Gasteiger partial charge < -0.3 is 16.2 Å². The molecule has 4 N–H and O–H groups in total. The maximum Gasteiger partial charge on any atom is 0.113 e. The molecule has 7 heteroatoms. The third kappa shape index (κ3) is 11.3. The van der Waals surface area contributed by atoms with E-state index in [1.807, 2.05) is 11.8 Å². The number of hydrogen-bond donors (Lipinski definition) is 2. The highest BCUT2D eigenvalue weighted by atomic mass is 32.2. The van der Waals surface area contributed by atoms with Gasteiger partial charge in [-0.05, 0) is 6.42 Å². The minimum absolute atomic E-state index is 0.263. The fourth-order valence-corrected chi connectivity index (χ4v) is 2.86. The summed E-state index contributed by atoms with van der Waals surface area (Å²) in [6.07, 6.45) is 1.03. The van der Waals surface area contributed by atoms with Crippen molar-refractivity contribution in [3.63, 3.8) is 0 Å². The van der Waals surface area contributed by atoms with E-state index >= 15 is 0 Å². The molecule has 0 aliphatic carbocycles. The Morgan fingerprint density at radius 2 is 1.83 bits per heavy atom. The fourth-order valence-electron chi connectivity index (χ4n) is 1.05. The van der Waals surface area contributed by atoms with E-state index in [9.17, 15) is 4.91 Å². The van der Waals surface area contributed by atoms with Crippen LogP contribution in [0.1, 0.15) is 13.3 Å². The van der Waals surface area contributed by atoms with Crippen LogP contribution >= 0.6 is 23.5 Å².